The van der Waals surface area contributed by atoms with E-state index in [1.807, 2.05) is 27.7 Å². The van der Waals surface area contributed by atoms with Gasteiger partial charge < -0.3 is 15.0 Å². The van der Waals surface area contributed by atoms with Gasteiger partial charge in [0.1, 0.15) is 5.69 Å². The molecule has 0 spiro atoms. The van der Waals surface area contributed by atoms with Gasteiger partial charge in [0, 0.05) is 18.8 Å². The first-order valence-electron chi connectivity index (χ1n) is 7.03. The number of carbonyl (C=O) groups excluding carboxylic acids is 1. The first kappa shape index (κ1) is 17.6. The second-order valence-corrected chi connectivity index (χ2v) is 6.66. The average molecular weight is 315 g/mol. The largest absolute Gasteiger partial charge is 0.481 e. The molecule has 0 bridgehead atoms. The molecule has 5 nitrogen and oxygen atoms in total. The Hall–Kier alpha value is -1.49. The van der Waals surface area contributed by atoms with Crippen LogP contribution in [0.4, 0.5) is 0 Å². The van der Waals surface area contributed by atoms with Crippen LogP contribution in [0.1, 0.15) is 51.0 Å². The van der Waals surface area contributed by atoms with Crippen molar-refractivity contribution >= 4 is 23.5 Å². The molecule has 1 heterocycles. The van der Waals surface area contributed by atoms with Crippen molar-refractivity contribution in [2.24, 2.45) is 5.41 Å². The summed E-state index contributed by atoms with van der Waals surface area (Å²) in [5, 5.41) is 12.3. The number of halogens is 1. The number of carboxylic acid groups (broad SMARTS) is 1. The van der Waals surface area contributed by atoms with E-state index in [9.17, 15) is 9.59 Å². The van der Waals surface area contributed by atoms with E-state index in [1.165, 1.54) is 0 Å². The van der Waals surface area contributed by atoms with Gasteiger partial charge in [0.25, 0.3) is 5.91 Å². The SMILES string of the molecule is CCCn1cc(Cl)cc1C(=O)NC(CC(=O)O)C(C)(C)C. The van der Waals surface area contributed by atoms with Crippen LogP contribution in [-0.4, -0.2) is 27.6 Å². The molecule has 0 radical (unpaired) electrons. The van der Waals surface area contributed by atoms with Gasteiger partial charge in [0.2, 0.25) is 0 Å². The third-order valence-electron chi connectivity index (χ3n) is 3.29. The summed E-state index contributed by atoms with van der Waals surface area (Å²) < 4.78 is 1.79. The molecule has 6 heteroatoms. The summed E-state index contributed by atoms with van der Waals surface area (Å²) in [4.78, 5) is 23.4. The van der Waals surface area contributed by atoms with Gasteiger partial charge >= 0.3 is 5.97 Å². The van der Waals surface area contributed by atoms with Crippen LogP contribution in [0, 0.1) is 5.41 Å². The minimum Gasteiger partial charge on any atom is -0.481 e. The average Bonchev–Trinajstić information content (AvgIpc) is 2.68. The molecule has 0 aliphatic heterocycles. The van der Waals surface area contributed by atoms with Crippen LogP contribution in [0.2, 0.25) is 5.02 Å². The fourth-order valence-electron chi connectivity index (χ4n) is 2.07. The lowest BCUT2D eigenvalue weighted by Gasteiger charge is -2.30. The van der Waals surface area contributed by atoms with Crippen molar-refractivity contribution in [2.45, 2.75) is 53.1 Å². The molecule has 1 aromatic rings. The zero-order chi connectivity index (χ0) is 16.2. The lowest BCUT2D eigenvalue weighted by atomic mass is 9.84. The molecular formula is C15H23ClN2O3. The van der Waals surface area contributed by atoms with Gasteiger partial charge in [-0.2, -0.15) is 0 Å². The van der Waals surface area contributed by atoms with Gasteiger partial charge in [0.05, 0.1) is 11.4 Å². The molecule has 0 aliphatic carbocycles. The van der Waals surface area contributed by atoms with E-state index in [0.717, 1.165) is 6.42 Å². The first-order valence-corrected chi connectivity index (χ1v) is 7.41. The third kappa shape index (κ3) is 5.08. The maximum atomic E-state index is 12.4. The van der Waals surface area contributed by atoms with Crippen LogP contribution in [0.15, 0.2) is 12.3 Å². The second-order valence-electron chi connectivity index (χ2n) is 6.23. The lowest BCUT2D eigenvalue weighted by molar-refractivity contribution is -0.138. The Kier molecular flexibility index (Phi) is 5.84. The molecule has 118 valence electrons. The monoisotopic (exact) mass is 314 g/mol. The number of aryl methyl sites for hydroxylation is 1. The zero-order valence-corrected chi connectivity index (χ0v) is 13.7. The van der Waals surface area contributed by atoms with E-state index in [1.54, 1.807) is 16.8 Å². The molecular weight excluding hydrogens is 292 g/mol. The Balaban J connectivity index is 2.94. The molecule has 1 unspecified atom stereocenters. The highest BCUT2D eigenvalue weighted by Gasteiger charge is 2.29. The number of hydrogen-bond acceptors (Lipinski definition) is 2. The Morgan fingerprint density at radius 3 is 2.52 bits per heavy atom. The molecule has 0 fully saturated rings. The summed E-state index contributed by atoms with van der Waals surface area (Å²) in [5.74, 6) is -1.23. The molecule has 1 aromatic heterocycles. The van der Waals surface area contributed by atoms with E-state index in [2.05, 4.69) is 5.32 Å². The van der Waals surface area contributed by atoms with Gasteiger partial charge in [-0.15, -0.1) is 0 Å². The predicted octanol–water partition coefficient (Wildman–Crippen LogP) is 3.17. The maximum absolute atomic E-state index is 12.4. The van der Waals surface area contributed by atoms with Gasteiger partial charge in [-0.3, -0.25) is 9.59 Å². The summed E-state index contributed by atoms with van der Waals surface area (Å²) in [6, 6.07) is 1.15. The van der Waals surface area contributed by atoms with Gasteiger partial charge in [0.15, 0.2) is 0 Å². The number of carboxylic acids is 1. The Labute approximate surface area is 130 Å². The summed E-state index contributed by atoms with van der Waals surface area (Å²) >= 11 is 5.96. The Morgan fingerprint density at radius 1 is 1.43 bits per heavy atom. The van der Waals surface area contributed by atoms with Gasteiger partial charge in [-0.1, -0.05) is 39.3 Å². The molecule has 2 N–H and O–H groups in total. The summed E-state index contributed by atoms with van der Waals surface area (Å²) in [7, 11) is 0. The molecule has 1 rings (SSSR count). The quantitative estimate of drug-likeness (QED) is 0.847. The van der Waals surface area contributed by atoms with E-state index < -0.39 is 12.0 Å². The highest BCUT2D eigenvalue weighted by molar-refractivity contribution is 6.31. The van der Waals surface area contributed by atoms with Crippen LogP contribution >= 0.6 is 11.6 Å². The van der Waals surface area contributed by atoms with Crippen molar-refractivity contribution in [3.8, 4) is 0 Å². The highest BCUT2D eigenvalue weighted by Crippen LogP contribution is 2.23. The predicted molar refractivity (Wildman–Crippen MR) is 82.7 cm³/mol. The third-order valence-corrected chi connectivity index (χ3v) is 3.50. The molecule has 0 saturated heterocycles. The van der Waals surface area contributed by atoms with E-state index in [4.69, 9.17) is 16.7 Å². The number of amides is 1. The van der Waals surface area contributed by atoms with Crippen LogP contribution in [-0.2, 0) is 11.3 Å². The van der Waals surface area contributed by atoms with Crippen LogP contribution in [0.5, 0.6) is 0 Å². The van der Waals surface area contributed by atoms with Crippen LogP contribution in [0.25, 0.3) is 0 Å². The topological polar surface area (TPSA) is 71.3 Å². The molecule has 1 atom stereocenters. The Bertz CT molecular complexity index is 517. The number of carbonyl (C=O) groups is 2. The fraction of sp³-hybridized carbons (Fsp3) is 0.600. The summed E-state index contributed by atoms with van der Waals surface area (Å²) in [6.07, 6.45) is 2.48. The number of nitrogens with one attached hydrogen (secondary N) is 1. The van der Waals surface area contributed by atoms with E-state index in [-0.39, 0.29) is 17.7 Å². The molecule has 0 aromatic carbocycles. The highest BCUT2D eigenvalue weighted by atomic mass is 35.5. The number of hydrogen-bond donors (Lipinski definition) is 2. The van der Waals surface area contributed by atoms with Crippen molar-refractivity contribution < 1.29 is 14.7 Å². The number of rotatable bonds is 6. The van der Waals surface area contributed by atoms with E-state index >= 15 is 0 Å². The fourth-order valence-corrected chi connectivity index (χ4v) is 2.29. The molecule has 1 amide bonds. The minimum absolute atomic E-state index is 0.114. The van der Waals surface area contributed by atoms with Crippen molar-refractivity contribution in [1.82, 2.24) is 9.88 Å². The smallest absolute Gasteiger partial charge is 0.305 e. The molecule has 21 heavy (non-hydrogen) atoms. The first-order chi connectivity index (χ1) is 9.65. The number of aromatic nitrogens is 1. The molecule has 0 saturated carbocycles. The van der Waals surface area contributed by atoms with Crippen molar-refractivity contribution in [3.05, 3.63) is 23.0 Å². The maximum Gasteiger partial charge on any atom is 0.305 e. The van der Waals surface area contributed by atoms with Crippen molar-refractivity contribution in [2.75, 3.05) is 0 Å². The standard InChI is InChI=1S/C15H23ClN2O3/c1-5-6-18-9-10(16)7-11(18)14(21)17-12(8-13(19)20)15(2,3)4/h7,9,12H,5-6,8H2,1-4H3,(H,17,21)(H,19,20). The minimum atomic E-state index is -0.933. The molecule has 0 aliphatic rings. The Morgan fingerprint density at radius 2 is 2.05 bits per heavy atom. The number of nitrogens with zero attached hydrogens (tertiary/aromatic N) is 1. The normalized spacial score (nSPS) is 13.0. The van der Waals surface area contributed by atoms with E-state index in [0.29, 0.717) is 17.3 Å². The van der Waals surface area contributed by atoms with Crippen molar-refractivity contribution in [3.63, 3.8) is 0 Å². The summed E-state index contributed by atoms with van der Waals surface area (Å²) in [6.45, 7) is 8.41. The second kappa shape index (κ2) is 6.98. The van der Waals surface area contributed by atoms with Crippen LogP contribution in [0.3, 0.4) is 0 Å². The zero-order valence-electron chi connectivity index (χ0n) is 12.9. The van der Waals surface area contributed by atoms with Crippen molar-refractivity contribution in [1.29, 1.82) is 0 Å². The van der Waals surface area contributed by atoms with Gasteiger partial charge in [-0.25, -0.2) is 0 Å². The lowest BCUT2D eigenvalue weighted by Crippen LogP contribution is -2.45. The summed E-state index contributed by atoms with van der Waals surface area (Å²) in [5.41, 5.74) is 0.113. The number of aliphatic carboxylic acids is 1. The van der Waals surface area contributed by atoms with Gasteiger partial charge in [-0.05, 0) is 17.9 Å². The van der Waals surface area contributed by atoms with Crippen LogP contribution < -0.4 is 5.32 Å².